The fraction of sp³-hybridized carbons (Fsp3) is 0.364. The molecule has 146 valence electrons. The Morgan fingerprint density at radius 3 is 2.75 bits per heavy atom. The first kappa shape index (κ1) is 18.5. The molecule has 2 aromatic heterocycles. The number of para-hydroxylation sites is 1. The number of ether oxygens (including phenoxy) is 1. The number of carbonyl (C=O) groups excluding carboxylic acids is 1. The van der Waals surface area contributed by atoms with Crippen LogP contribution >= 0.6 is 0 Å². The molecule has 0 aliphatic carbocycles. The SMILES string of the molecule is CC1CN(c2ccc(CNC(=O)Cc3c[nH]c4ccccc34)cn2)CC(C)O1. The molecule has 3 aromatic rings. The summed E-state index contributed by atoms with van der Waals surface area (Å²) in [6, 6.07) is 12.1. The van der Waals surface area contributed by atoms with Gasteiger partial charge in [0.2, 0.25) is 5.91 Å². The van der Waals surface area contributed by atoms with Crippen LogP contribution < -0.4 is 10.2 Å². The number of H-pyrrole nitrogens is 1. The van der Waals surface area contributed by atoms with E-state index in [1.165, 1.54) is 0 Å². The molecule has 1 fully saturated rings. The van der Waals surface area contributed by atoms with Gasteiger partial charge in [-0.15, -0.1) is 0 Å². The Balaban J connectivity index is 1.33. The van der Waals surface area contributed by atoms with Crippen LogP contribution in [0.2, 0.25) is 0 Å². The summed E-state index contributed by atoms with van der Waals surface area (Å²) < 4.78 is 5.78. The maximum atomic E-state index is 12.3. The lowest BCUT2D eigenvalue weighted by molar-refractivity contribution is -0.120. The van der Waals surface area contributed by atoms with Crippen LogP contribution in [0.4, 0.5) is 5.82 Å². The molecule has 1 saturated heterocycles. The van der Waals surface area contributed by atoms with Crippen LogP contribution in [0.3, 0.4) is 0 Å². The van der Waals surface area contributed by atoms with Gasteiger partial charge in [-0.1, -0.05) is 24.3 Å². The summed E-state index contributed by atoms with van der Waals surface area (Å²) in [7, 11) is 0. The summed E-state index contributed by atoms with van der Waals surface area (Å²) in [5.41, 5.74) is 3.05. The van der Waals surface area contributed by atoms with Crippen molar-refractivity contribution < 1.29 is 9.53 Å². The Bertz CT molecular complexity index is 941. The molecule has 28 heavy (non-hydrogen) atoms. The normalized spacial score (nSPS) is 19.7. The van der Waals surface area contributed by atoms with Crippen molar-refractivity contribution in [2.45, 2.75) is 39.0 Å². The third-order valence-corrected chi connectivity index (χ3v) is 5.07. The highest BCUT2D eigenvalue weighted by atomic mass is 16.5. The van der Waals surface area contributed by atoms with E-state index >= 15 is 0 Å². The molecule has 0 saturated carbocycles. The van der Waals surface area contributed by atoms with Gasteiger partial charge in [0.25, 0.3) is 0 Å². The van der Waals surface area contributed by atoms with E-state index in [-0.39, 0.29) is 18.1 Å². The minimum atomic E-state index is 0.00431. The Labute approximate surface area is 164 Å². The third-order valence-electron chi connectivity index (χ3n) is 5.07. The van der Waals surface area contributed by atoms with Gasteiger partial charge in [-0.2, -0.15) is 0 Å². The number of aromatic nitrogens is 2. The van der Waals surface area contributed by atoms with Crippen molar-refractivity contribution in [2.75, 3.05) is 18.0 Å². The molecular weight excluding hydrogens is 352 g/mol. The minimum Gasteiger partial charge on any atom is -0.372 e. The van der Waals surface area contributed by atoms with Crippen molar-refractivity contribution in [1.82, 2.24) is 15.3 Å². The van der Waals surface area contributed by atoms with E-state index in [2.05, 4.69) is 34.0 Å². The van der Waals surface area contributed by atoms with Crippen molar-refractivity contribution in [3.63, 3.8) is 0 Å². The first-order valence-corrected chi connectivity index (χ1v) is 9.75. The molecule has 0 radical (unpaired) electrons. The first-order valence-electron chi connectivity index (χ1n) is 9.75. The number of rotatable bonds is 5. The largest absolute Gasteiger partial charge is 0.372 e. The van der Waals surface area contributed by atoms with Gasteiger partial charge in [-0.25, -0.2) is 4.98 Å². The monoisotopic (exact) mass is 378 g/mol. The number of benzene rings is 1. The number of fused-ring (bicyclic) bond motifs is 1. The molecule has 2 unspecified atom stereocenters. The highest BCUT2D eigenvalue weighted by Crippen LogP contribution is 2.19. The zero-order chi connectivity index (χ0) is 19.5. The summed E-state index contributed by atoms with van der Waals surface area (Å²) in [4.78, 5) is 22.4. The predicted octanol–water partition coefficient (Wildman–Crippen LogP) is 3.04. The van der Waals surface area contributed by atoms with Crippen molar-refractivity contribution >= 4 is 22.6 Å². The lowest BCUT2D eigenvalue weighted by Crippen LogP contribution is -2.45. The molecule has 0 spiro atoms. The van der Waals surface area contributed by atoms with E-state index in [4.69, 9.17) is 4.74 Å². The number of pyridine rings is 1. The second kappa shape index (κ2) is 8.02. The van der Waals surface area contributed by atoms with Crippen LogP contribution in [-0.2, 0) is 22.5 Å². The maximum Gasteiger partial charge on any atom is 0.224 e. The topological polar surface area (TPSA) is 70.2 Å². The summed E-state index contributed by atoms with van der Waals surface area (Å²) in [5.74, 6) is 0.959. The average molecular weight is 378 g/mol. The molecule has 0 bridgehead atoms. The fourth-order valence-electron chi connectivity index (χ4n) is 3.79. The molecule has 3 heterocycles. The number of hydrogen-bond donors (Lipinski definition) is 2. The van der Waals surface area contributed by atoms with Gasteiger partial charge >= 0.3 is 0 Å². The van der Waals surface area contributed by atoms with Crippen molar-refractivity contribution in [3.8, 4) is 0 Å². The van der Waals surface area contributed by atoms with Gasteiger partial charge in [0.1, 0.15) is 5.82 Å². The summed E-state index contributed by atoms with van der Waals surface area (Å²) in [5, 5.41) is 4.08. The number of aromatic amines is 1. The van der Waals surface area contributed by atoms with Crippen LogP contribution in [0.15, 0.2) is 48.8 Å². The highest BCUT2D eigenvalue weighted by Gasteiger charge is 2.23. The van der Waals surface area contributed by atoms with Crippen LogP contribution in [0.5, 0.6) is 0 Å². The van der Waals surface area contributed by atoms with Gasteiger partial charge < -0.3 is 19.9 Å². The number of hydrogen-bond acceptors (Lipinski definition) is 4. The lowest BCUT2D eigenvalue weighted by atomic mass is 10.1. The van der Waals surface area contributed by atoms with Crippen molar-refractivity contribution in [3.05, 3.63) is 59.9 Å². The Morgan fingerprint density at radius 1 is 1.21 bits per heavy atom. The molecular formula is C22H26N4O2. The molecule has 1 amide bonds. The number of anilines is 1. The van der Waals surface area contributed by atoms with Gasteiger partial charge in [0, 0.05) is 42.9 Å². The van der Waals surface area contributed by atoms with E-state index in [9.17, 15) is 4.79 Å². The van der Waals surface area contributed by atoms with E-state index in [1.54, 1.807) is 0 Å². The number of nitrogens with one attached hydrogen (secondary N) is 2. The van der Waals surface area contributed by atoms with Gasteiger partial charge in [-0.3, -0.25) is 4.79 Å². The number of nitrogens with zero attached hydrogens (tertiary/aromatic N) is 2. The molecule has 6 nitrogen and oxygen atoms in total. The third kappa shape index (κ3) is 4.17. The zero-order valence-electron chi connectivity index (χ0n) is 16.3. The van der Waals surface area contributed by atoms with Crippen LogP contribution in [0, 0.1) is 0 Å². The van der Waals surface area contributed by atoms with Gasteiger partial charge in [-0.05, 0) is 37.1 Å². The minimum absolute atomic E-state index is 0.00431. The molecule has 6 heteroatoms. The smallest absolute Gasteiger partial charge is 0.224 e. The molecule has 1 aliphatic heterocycles. The lowest BCUT2D eigenvalue weighted by Gasteiger charge is -2.36. The fourth-order valence-corrected chi connectivity index (χ4v) is 3.79. The van der Waals surface area contributed by atoms with E-state index < -0.39 is 0 Å². The predicted molar refractivity (Wildman–Crippen MR) is 110 cm³/mol. The average Bonchev–Trinajstić information content (AvgIpc) is 3.09. The number of morpholine rings is 1. The molecule has 1 aromatic carbocycles. The Kier molecular flexibility index (Phi) is 5.30. The van der Waals surface area contributed by atoms with Crippen molar-refractivity contribution in [1.29, 1.82) is 0 Å². The second-order valence-corrected chi connectivity index (χ2v) is 7.50. The van der Waals surface area contributed by atoms with E-state index in [0.717, 1.165) is 40.9 Å². The quantitative estimate of drug-likeness (QED) is 0.716. The Hall–Kier alpha value is -2.86. The van der Waals surface area contributed by atoms with Gasteiger partial charge in [0.15, 0.2) is 0 Å². The molecule has 1 aliphatic rings. The highest BCUT2D eigenvalue weighted by molar-refractivity contribution is 5.88. The summed E-state index contributed by atoms with van der Waals surface area (Å²) in [6.45, 7) is 6.33. The van der Waals surface area contributed by atoms with Crippen molar-refractivity contribution in [2.24, 2.45) is 0 Å². The van der Waals surface area contributed by atoms with Gasteiger partial charge in [0.05, 0.1) is 18.6 Å². The van der Waals surface area contributed by atoms with Crippen LogP contribution in [0.1, 0.15) is 25.0 Å². The van der Waals surface area contributed by atoms with E-state index in [1.807, 2.05) is 48.8 Å². The molecule has 2 atom stereocenters. The molecule has 2 N–H and O–H groups in total. The zero-order valence-corrected chi connectivity index (χ0v) is 16.3. The van der Waals surface area contributed by atoms with Crippen LogP contribution in [0.25, 0.3) is 10.9 Å². The summed E-state index contributed by atoms with van der Waals surface area (Å²) >= 11 is 0. The van der Waals surface area contributed by atoms with E-state index in [0.29, 0.717) is 13.0 Å². The summed E-state index contributed by atoms with van der Waals surface area (Å²) in [6.07, 6.45) is 4.51. The first-order chi connectivity index (χ1) is 13.6. The maximum absolute atomic E-state index is 12.3. The Morgan fingerprint density at radius 2 is 2.00 bits per heavy atom. The standard InChI is InChI=1S/C22H26N4O2/c1-15-13-26(14-16(2)28-15)21-8-7-17(10-24-21)11-25-22(27)9-18-12-23-20-6-4-3-5-19(18)20/h3-8,10,12,15-16,23H,9,11,13-14H2,1-2H3,(H,25,27). The number of carbonyl (C=O) groups is 1. The second-order valence-electron chi connectivity index (χ2n) is 7.50. The number of amides is 1. The van der Waals surface area contributed by atoms with Crippen LogP contribution in [-0.4, -0.2) is 41.2 Å². The molecule has 4 rings (SSSR count).